The van der Waals surface area contributed by atoms with Crippen LogP contribution in [0.4, 0.5) is 11.4 Å². The molecule has 15 nitrogen and oxygen atoms in total. The van der Waals surface area contributed by atoms with Crippen LogP contribution in [0.2, 0.25) is 0 Å². The minimum absolute atomic E-state index is 0. The molecule has 2 aliphatic carbocycles. The Morgan fingerprint density at radius 1 is 0.594 bits per heavy atom. The number of halogens is 1. The predicted molar refractivity (Wildman–Crippen MR) is 250 cm³/mol. The van der Waals surface area contributed by atoms with Gasteiger partial charge in [0.2, 0.25) is 0 Å². The summed E-state index contributed by atoms with van der Waals surface area (Å²) in [5.41, 5.74) is 3.68. The fraction of sp³-hybridized carbons (Fsp3) is 0.413. The van der Waals surface area contributed by atoms with Crippen LogP contribution in [0.3, 0.4) is 0 Å². The normalized spacial score (nSPS) is 17.1. The molecule has 0 bridgehead atoms. The molecule has 0 unspecified atom stereocenters. The molecule has 64 heavy (non-hydrogen) atoms. The molecule has 8 rings (SSSR count). The number of nitrogens with zero attached hydrogens (tertiary/aromatic N) is 5. The molecule has 4 fully saturated rings. The minimum atomic E-state index is -3.70. The number of carbonyl (C=O) groups is 3. The third kappa shape index (κ3) is 13.1. The SMILES string of the molecule is COC(=O)c1ccc(CN(c2ccccc2)S(=O)(=O)N2CCN(C3CCC3)CC2)cc1.COC(=O)c1ccc(CN(c2ccccc2)S(=O)(=O)N2CCNCC2)cc1.Cl.O=C1CCC1. The topological polar surface area (TPSA) is 166 Å². The van der Waals surface area contributed by atoms with Crippen LogP contribution in [-0.4, -0.2) is 121 Å². The van der Waals surface area contributed by atoms with Gasteiger partial charge in [0.1, 0.15) is 5.78 Å². The van der Waals surface area contributed by atoms with E-state index < -0.39 is 32.4 Å². The molecule has 4 aliphatic rings. The van der Waals surface area contributed by atoms with E-state index in [0.29, 0.717) is 73.6 Å². The van der Waals surface area contributed by atoms with E-state index >= 15 is 0 Å². The molecule has 4 aromatic rings. The average Bonchev–Trinajstić information content (AvgIpc) is 3.30. The molecule has 0 aromatic heterocycles. The lowest BCUT2D eigenvalue weighted by Crippen LogP contribution is -2.56. The molecule has 0 atom stereocenters. The molecule has 4 aromatic carbocycles. The molecular weight excluding hydrogens is 880 g/mol. The Kier molecular flexibility index (Phi) is 18.7. The van der Waals surface area contributed by atoms with Crippen LogP contribution in [-0.2, 0) is 47.8 Å². The highest BCUT2D eigenvalue weighted by atomic mass is 35.5. The summed E-state index contributed by atoms with van der Waals surface area (Å²) in [6.07, 6.45) is 6.56. The standard InChI is InChI=1S/C23H29N3O4S.C19H23N3O4S.C4H6O.ClH/c1-30-23(27)20-12-10-19(11-13-20)18-26(22-6-3-2-4-7-22)31(28,29)25-16-14-24(15-17-25)21-8-5-9-21;1-26-19(23)17-9-7-16(8-10-17)15-22(18-5-3-2-4-6-18)27(24,25)21-13-11-20-12-14-21;5-4-2-1-3-4;/h2-4,6-7,10-13,21H,5,8-9,14-18H2,1H3;2-10,20H,11-15H2,1H3;1-3H2;1H. The lowest BCUT2D eigenvalue weighted by molar-refractivity contribution is -0.123. The maximum Gasteiger partial charge on any atom is 0.337 e. The number of anilines is 2. The smallest absolute Gasteiger partial charge is 0.337 e. The van der Waals surface area contributed by atoms with Crippen LogP contribution < -0.4 is 13.9 Å². The van der Waals surface area contributed by atoms with Gasteiger partial charge in [-0.25, -0.2) is 9.59 Å². The van der Waals surface area contributed by atoms with E-state index in [2.05, 4.69) is 10.2 Å². The maximum atomic E-state index is 13.6. The fourth-order valence-corrected chi connectivity index (χ4v) is 10.6. The van der Waals surface area contributed by atoms with E-state index in [9.17, 15) is 31.2 Å². The van der Waals surface area contributed by atoms with Gasteiger partial charge < -0.3 is 14.8 Å². The van der Waals surface area contributed by atoms with Crippen molar-refractivity contribution in [3.8, 4) is 0 Å². The van der Waals surface area contributed by atoms with Crippen LogP contribution in [0.25, 0.3) is 0 Å². The van der Waals surface area contributed by atoms with Crippen LogP contribution in [0.5, 0.6) is 0 Å². The van der Waals surface area contributed by atoms with Crippen molar-refractivity contribution in [2.45, 2.75) is 57.7 Å². The van der Waals surface area contributed by atoms with E-state index in [1.54, 1.807) is 65.0 Å². The van der Waals surface area contributed by atoms with Crippen LogP contribution in [0, 0.1) is 0 Å². The summed E-state index contributed by atoms with van der Waals surface area (Å²) >= 11 is 0. The monoisotopic (exact) mass is 938 g/mol. The third-order valence-electron chi connectivity index (χ3n) is 11.6. The Balaban J connectivity index is 0.000000215. The van der Waals surface area contributed by atoms with Crippen molar-refractivity contribution in [1.82, 2.24) is 18.8 Å². The van der Waals surface area contributed by atoms with Crippen molar-refractivity contribution < 1.29 is 40.7 Å². The highest BCUT2D eigenvalue weighted by molar-refractivity contribution is 7.90. The van der Waals surface area contributed by atoms with Gasteiger partial charge in [0, 0.05) is 71.2 Å². The molecular formula is C46H59ClN6O9S2. The number of methoxy groups -OCH3 is 2. The molecule has 0 spiro atoms. The highest BCUT2D eigenvalue weighted by Gasteiger charge is 2.36. The number of rotatable bonds is 13. The fourth-order valence-electron chi connectivity index (χ4n) is 7.39. The second-order valence-electron chi connectivity index (χ2n) is 15.6. The van der Waals surface area contributed by atoms with Gasteiger partial charge in [-0.05, 0) is 78.9 Å². The van der Waals surface area contributed by atoms with Crippen LogP contribution in [0.15, 0.2) is 109 Å². The zero-order valence-corrected chi connectivity index (χ0v) is 38.9. The number of hydrogen-bond acceptors (Lipinski definition) is 11. The van der Waals surface area contributed by atoms with Gasteiger partial charge >= 0.3 is 32.4 Å². The number of carbonyl (C=O) groups excluding carboxylic acids is 3. The number of piperazine rings is 2. The van der Waals surface area contributed by atoms with Crippen molar-refractivity contribution in [1.29, 1.82) is 0 Å². The average molecular weight is 940 g/mol. The van der Waals surface area contributed by atoms with Crippen molar-refractivity contribution in [3.63, 3.8) is 0 Å². The van der Waals surface area contributed by atoms with Gasteiger partial charge in [-0.3, -0.25) is 18.3 Å². The molecule has 1 N–H and O–H groups in total. The van der Waals surface area contributed by atoms with E-state index in [1.165, 1.54) is 46.4 Å². The first-order valence-corrected chi connectivity index (χ1v) is 24.2. The van der Waals surface area contributed by atoms with Crippen molar-refractivity contribution in [2.24, 2.45) is 0 Å². The number of ketones is 1. The number of nitrogens with one attached hydrogen (secondary N) is 1. The number of para-hydroxylation sites is 2. The van der Waals surface area contributed by atoms with E-state index in [-0.39, 0.29) is 25.5 Å². The molecule has 2 heterocycles. The number of ether oxygens (including phenoxy) is 2. The number of Topliss-reactive ketones (excluding diaryl/α,β-unsaturated/α-hetero) is 1. The van der Waals surface area contributed by atoms with Crippen LogP contribution >= 0.6 is 12.4 Å². The van der Waals surface area contributed by atoms with E-state index in [1.807, 2.05) is 48.5 Å². The number of benzene rings is 4. The summed E-state index contributed by atoms with van der Waals surface area (Å²) in [7, 11) is -4.70. The first-order valence-electron chi connectivity index (χ1n) is 21.4. The van der Waals surface area contributed by atoms with Gasteiger partial charge in [-0.1, -0.05) is 67.1 Å². The Labute approximate surface area is 384 Å². The molecule has 346 valence electrons. The Hall–Kier alpha value is -4.88. The van der Waals surface area contributed by atoms with E-state index in [4.69, 9.17) is 9.47 Å². The Morgan fingerprint density at radius 3 is 1.31 bits per heavy atom. The van der Waals surface area contributed by atoms with Gasteiger partial charge in [-0.15, -0.1) is 12.4 Å². The zero-order chi connectivity index (χ0) is 44.8. The quantitative estimate of drug-likeness (QED) is 0.164. The van der Waals surface area contributed by atoms with Gasteiger partial charge in [0.15, 0.2) is 0 Å². The lowest BCUT2D eigenvalue weighted by atomic mass is 9.91. The summed E-state index contributed by atoms with van der Waals surface area (Å²) in [4.78, 5) is 35.6. The first-order chi connectivity index (χ1) is 30.4. The molecule has 2 saturated carbocycles. The largest absolute Gasteiger partial charge is 0.465 e. The van der Waals surface area contributed by atoms with Gasteiger partial charge in [0.25, 0.3) is 0 Å². The predicted octanol–water partition coefficient (Wildman–Crippen LogP) is 5.69. The third-order valence-corrected chi connectivity index (χ3v) is 15.4. The van der Waals surface area contributed by atoms with Crippen molar-refractivity contribution >= 4 is 61.9 Å². The summed E-state index contributed by atoms with van der Waals surface area (Å²) < 4.78 is 69.2. The van der Waals surface area contributed by atoms with Gasteiger partial charge in [0.05, 0.1) is 49.8 Å². The first kappa shape index (κ1) is 50.1. The second-order valence-corrected chi connectivity index (χ2v) is 19.3. The Bertz CT molecular complexity index is 2320. The molecule has 18 heteroatoms. The maximum absolute atomic E-state index is 13.6. The summed E-state index contributed by atoms with van der Waals surface area (Å²) in [5, 5.41) is 3.17. The van der Waals surface area contributed by atoms with Crippen molar-refractivity contribution in [3.05, 3.63) is 131 Å². The van der Waals surface area contributed by atoms with Crippen molar-refractivity contribution in [2.75, 3.05) is 75.2 Å². The Morgan fingerprint density at radius 2 is 0.984 bits per heavy atom. The highest BCUT2D eigenvalue weighted by Crippen LogP contribution is 2.29. The summed E-state index contributed by atoms with van der Waals surface area (Å²) in [6, 6.07) is 32.5. The summed E-state index contributed by atoms with van der Waals surface area (Å²) in [5.74, 6) is -0.400. The zero-order valence-electron chi connectivity index (χ0n) is 36.4. The van der Waals surface area contributed by atoms with Gasteiger partial charge in [-0.2, -0.15) is 25.4 Å². The molecule has 2 saturated heterocycles. The number of hydrogen-bond donors (Lipinski definition) is 1. The lowest BCUT2D eigenvalue weighted by Gasteiger charge is -2.43. The van der Waals surface area contributed by atoms with Crippen LogP contribution in [0.1, 0.15) is 70.4 Å². The molecule has 2 aliphatic heterocycles. The van der Waals surface area contributed by atoms with E-state index in [0.717, 1.165) is 43.5 Å². The summed E-state index contributed by atoms with van der Waals surface area (Å²) in [6.45, 7) is 5.08. The minimum Gasteiger partial charge on any atom is -0.465 e. The molecule has 0 amide bonds. The molecule has 0 radical (unpaired) electrons. The second kappa shape index (κ2) is 23.9. The number of esters is 2.